The van der Waals surface area contributed by atoms with Crippen LogP contribution >= 0.6 is 22.7 Å². The van der Waals surface area contributed by atoms with Crippen LogP contribution in [0.25, 0.3) is 20.7 Å². The molecule has 6 nitrogen and oxygen atoms in total. The van der Waals surface area contributed by atoms with Crippen LogP contribution in [-0.2, 0) is 22.6 Å². The summed E-state index contributed by atoms with van der Waals surface area (Å²) < 4.78 is 13.2. The van der Waals surface area contributed by atoms with Gasteiger partial charge in [0, 0.05) is 35.5 Å². The highest BCUT2D eigenvalue weighted by atomic mass is 32.1. The van der Waals surface area contributed by atoms with Gasteiger partial charge in [0.15, 0.2) is 0 Å². The van der Waals surface area contributed by atoms with Crippen molar-refractivity contribution in [3.63, 3.8) is 0 Å². The van der Waals surface area contributed by atoms with Gasteiger partial charge >= 0.3 is 0 Å². The van der Waals surface area contributed by atoms with E-state index in [1.165, 1.54) is 0 Å². The molecule has 0 bridgehead atoms. The highest BCUT2D eigenvalue weighted by molar-refractivity contribution is 7.18. The van der Waals surface area contributed by atoms with E-state index < -0.39 is 0 Å². The quantitative estimate of drug-likeness (QED) is 0.638. The molecular weight excluding hydrogens is 394 g/mol. The topological polar surface area (TPSA) is 56.6 Å². The largest absolute Gasteiger partial charge is 0.379 e. The summed E-state index contributed by atoms with van der Waals surface area (Å²) >= 11 is 3.22. The Morgan fingerprint density at radius 2 is 2.11 bits per heavy atom. The van der Waals surface area contributed by atoms with E-state index in [0.29, 0.717) is 13.1 Å². The van der Waals surface area contributed by atoms with Gasteiger partial charge in [-0.05, 0) is 24.3 Å². The lowest BCUT2D eigenvalue weighted by molar-refractivity contribution is 0.0317. The van der Waals surface area contributed by atoms with Crippen molar-refractivity contribution in [2.45, 2.75) is 32.0 Å². The molecule has 0 N–H and O–H groups in total. The third-order valence-electron chi connectivity index (χ3n) is 5.44. The Balaban J connectivity index is 1.59. The Bertz CT molecular complexity index is 1000. The van der Waals surface area contributed by atoms with Crippen LogP contribution in [0, 0.1) is 0 Å². The minimum atomic E-state index is 0.0633. The lowest BCUT2D eigenvalue weighted by Gasteiger charge is -2.27. The van der Waals surface area contributed by atoms with Gasteiger partial charge < -0.3 is 9.47 Å². The molecule has 0 saturated carbocycles. The van der Waals surface area contributed by atoms with Gasteiger partial charge in [-0.3, -0.25) is 14.3 Å². The summed E-state index contributed by atoms with van der Waals surface area (Å²) in [5.41, 5.74) is 1.07. The fourth-order valence-corrected chi connectivity index (χ4v) is 5.71. The number of aromatic nitrogens is 2. The molecule has 148 valence electrons. The second-order valence-electron chi connectivity index (χ2n) is 7.27. The van der Waals surface area contributed by atoms with E-state index in [2.05, 4.69) is 16.3 Å². The lowest BCUT2D eigenvalue weighted by Crippen LogP contribution is -2.39. The average molecular weight is 418 g/mol. The first-order valence-corrected chi connectivity index (χ1v) is 11.5. The third kappa shape index (κ3) is 3.55. The molecule has 2 saturated heterocycles. The minimum Gasteiger partial charge on any atom is -0.379 e. The molecule has 2 aliphatic heterocycles. The zero-order valence-electron chi connectivity index (χ0n) is 15.6. The van der Waals surface area contributed by atoms with Crippen molar-refractivity contribution in [3.8, 4) is 10.4 Å². The second-order valence-corrected chi connectivity index (χ2v) is 9.08. The van der Waals surface area contributed by atoms with Gasteiger partial charge in [0.2, 0.25) is 0 Å². The van der Waals surface area contributed by atoms with E-state index in [9.17, 15) is 4.79 Å². The van der Waals surface area contributed by atoms with Crippen molar-refractivity contribution in [1.29, 1.82) is 0 Å². The van der Waals surface area contributed by atoms with Gasteiger partial charge in [-0.15, -0.1) is 22.7 Å². The first-order chi connectivity index (χ1) is 13.8. The molecule has 0 unspecified atom stereocenters. The van der Waals surface area contributed by atoms with Gasteiger partial charge in [-0.1, -0.05) is 6.07 Å². The van der Waals surface area contributed by atoms with Crippen LogP contribution in [0.4, 0.5) is 0 Å². The summed E-state index contributed by atoms with van der Waals surface area (Å²) in [4.78, 5) is 22.8. The SMILES string of the molecule is O=c1c2c(-c3cccs3)csc2nc(CN2CCOCC2)n1C[C@@H]1CCCO1. The van der Waals surface area contributed by atoms with Gasteiger partial charge in [0.05, 0.1) is 37.8 Å². The number of nitrogens with zero attached hydrogens (tertiary/aromatic N) is 3. The van der Waals surface area contributed by atoms with Crippen LogP contribution in [0.5, 0.6) is 0 Å². The van der Waals surface area contributed by atoms with Gasteiger partial charge in [0.1, 0.15) is 10.7 Å². The van der Waals surface area contributed by atoms with Crippen LogP contribution in [0.2, 0.25) is 0 Å². The number of hydrogen-bond acceptors (Lipinski definition) is 7. The van der Waals surface area contributed by atoms with Crippen LogP contribution in [0.3, 0.4) is 0 Å². The molecule has 0 radical (unpaired) electrons. The molecule has 1 atom stereocenters. The van der Waals surface area contributed by atoms with Crippen molar-refractivity contribution < 1.29 is 9.47 Å². The Morgan fingerprint density at radius 1 is 1.21 bits per heavy atom. The van der Waals surface area contributed by atoms with E-state index in [1.54, 1.807) is 22.7 Å². The number of hydrogen-bond donors (Lipinski definition) is 0. The maximum atomic E-state index is 13.6. The molecular formula is C20H23N3O3S2. The number of thiophene rings is 2. The number of rotatable bonds is 5. The second kappa shape index (κ2) is 8.04. The van der Waals surface area contributed by atoms with E-state index in [0.717, 1.165) is 72.2 Å². The monoisotopic (exact) mass is 417 g/mol. The highest BCUT2D eigenvalue weighted by Gasteiger charge is 2.23. The summed E-state index contributed by atoms with van der Waals surface area (Å²) in [6, 6.07) is 4.09. The van der Waals surface area contributed by atoms with Crippen LogP contribution in [-0.4, -0.2) is 53.5 Å². The molecule has 8 heteroatoms. The molecule has 0 aromatic carbocycles. The van der Waals surface area contributed by atoms with Crippen molar-refractivity contribution in [2.75, 3.05) is 32.9 Å². The third-order valence-corrected chi connectivity index (χ3v) is 7.21. The summed E-state index contributed by atoms with van der Waals surface area (Å²) in [7, 11) is 0. The van der Waals surface area contributed by atoms with Gasteiger partial charge in [-0.2, -0.15) is 0 Å². The van der Waals surface area contributed by atoms with E-state index in [4.69, 9.17) is 14.5 Å². The van der Waals surface area contributed by atoms with E-state index >= 15 is 0 Å². The first-order valence-electron chi connectivity index (χ1n) is 9.76. The summed E-state index contributed by atoms with van der Waals surface area (Å²) in [6.45, 7) is 5.26. The Kier molecular flexibility index (Phi) is 5.30. The molecule has 5 rings (SSSR count). The normalized spacial score (nSPS) is 20.9. The molecule has 3 aromatic heterocycles. The van der Waals surface area contributed by atoms with Crippen molar-refractivity contribution >= 4 is 32.9 Å². The van der Waals surface area contributed by atoms with Crippen LogP contribution < -0.4 is 5.56 Å². The van der Waals surface area contributed by atoms with Crippen molar-refractivity contribution in [1.82, 2.24) is 14.5 Å². The molecule has 5 heterocycles. The summed E-state index contributed by atoms with van der Waals surface area (Å²) in [5.74, 6) is 0.842. The maximum Gasteiger partial charge on any atom is 0.263 e. The molecule has 0 aliphatic carbocycles. The Morgan fingerprint density at radius 3 is 2.86 bits per heavy atom. The molecule has 2 fully saturated rings. The molecule has 0 amide bonds. The zero-order chi connectivity index (χ0) is 18.9. The van der Waals surface area contributed by atoms with Crippen molar-refractivity contribution in [2.24, 2.45) is 0 Å². The molecule has 28 heavy (non-hydrogen) atoms. The fourth-order valence-electron chi connectivity index (χ4n) is 3.94. The van der Waals surface area contributed by atoms with E-state index in [-0.39, 0.29) is 11.7 Å². The maximum absolute atomic E-state index is 13.6. The van der Waals surface area contributed by atoms with E-state index in [1.807, 2.05) is 16.0 Å². The standard InChI is InChI=1S/C20H23N3O3S2/c24-20-18-15(16-4-2-10-27-16)13-28-19(18)21-17(12-22-5-8-25-9-6-22)23(20)11-14-3-1-7-26-14/h2,4,10,13-14H,1,3,5-9,11-12H2/t14-/m0/s1. The predicted octanol–water partition coefficient (Wildman–Crippen LogP) is 3.20. The number of morpholine rings is 1. The Labute approximate surface area is 171 Å². The molecule has 3 aromatic rings. The van der Waals surface area contributed by atoms with Gasteiger partial charge in [-0.25, -0.2) is 4.98 Å². The number of fused-ring (bicyclic) bond motifs is 1. The average Bonchev–Trinajstić information content (AvgIpc) is 3.46. The number of ether oxygens (including phenoxy) is 2. The summed E-state index contributed by atoms with van der Waals surface area (Å²) in [6.07, 6.45) is 2.17. The minimum absolute atomic E-state index is 0.0633. The van der Waals surface area contributed by atoms with Crippen molar-refractivity contribution in [3.05, 3.63) is 39.1 Å². The lowest BCUT2D eigenvalue weighted by atomic mass is 10.2. The molecule has 2 aliphatic rings. The molecule has 0 spiro atoms. The highest BCUT2D eigenvalue weighted by Crippen LogP contribution is 2.34. The summed E-state index contributed by atoms with van der Waals surface area (Å²) in [5, 5.41) is 4.86. The van der Waals surface area contributed by atoms with Gasteiger partial charge in [0.25, 0.3) is 5.56 Å². The zero-order valence-corrected chi connectivity index (χ0v) is 17.3. The Hall–Kier alpha value is -1.58. The fraction of sp³-hybridized carbons (Fsp3) is 0.500. The first kappa shape index (κ1) is 18.4. The smallest absolute Gasteiger partial charge is 0.263 e. The van der Waals surface area contributed by atoms with Crippen LogP contribution in [0.15, 0.2) is 27.7 Å². The van der Waals surface area contributed by atoms with Crippen LogP contribution in [0.1, 0.15) is 18.7 Å². The predicted molar refractivity (Wildman–Crippen MR) is 112 cm³/mol.